The van der Waals surface area contributed by atoms with Gasteiger partial charge in [0.1, 0.15) is 5.82 Å². The minimum atomic E-state index is -1.24. The number of nitrogens with zero attached hydrogens (tertiary/aromatic N) is 1. The highest BCUT2D eigenvalue weighted by Gasteiger charge is 2.25. The molecule has 0 aliphatic heterocycles. The van der Waals surface area contributed by atoms with Gasteiger partial charge in [0, 0.05) is 0 Å². The summed E-state index contributed by atoms with van der Waals surface area (Å²) in [5, 5.41) is 5.73. The van der Waals surface area contributed by atoms with Gasteiger partial charge in [-0.2, -0.15) is 0 Å². The maximum Gasteiger partial charge on any atom is 0.339 e. The van der Waals surface area contributed by atoms with Gasteiger partial charge < -0.3 is 10.1 Å². The molecule has 5 nitrogen and oxygen atoms in total. The Labute approximate surface area is 111 Å². The Morgan fingerprint density at radius 3 is 2.84 bits per heavy atom. The van der Waals surface area contributed by atoms with Gasteiger partial charge in [-0.15, -0.1) is 4.91 Å². The number of ether oxygens (including phenoxy) is 1. The molecule has 0 saturated carbocycles. The number of benzene rings is 1. The lowest BCUT2D eigenvalue weighted by atomic mass is 9.98. The van der Waals surface area contributed by atoms with Crippen molar-refractivity contribution in [3.8, 4) is 0 Å². The topological polar surface area (TPSA) is 67.8 Å². The van der Waals surface area contributed by atoms with E-state index >= 15 is 0 Å². The minimum absolute atomic E-state index is 0.165. The van der Waals surface area contributed by atoms with E-state index in [1.165, 1.54) is 18.2 Å². The number of hydrogen-bond acceptors (Lipinski definition) is 5. The van der Waals surface area contributed by atoms with Crippen molar-refractivity contribution in [1.29, 1.82) is 0 Å². The van der Waals surface area contributed by atoms with E-state index in [9.17, 15) is 14.1 Å². The van der Waals surface area contributed by atoms with Crippen LogP contribution in [0.5, 0.6) is 0 Å². The van der Waals surface area contributed by atoms with Crippen molar-refractivity contribution in [3.63, 3.8) is 0 Å². The molecular formula is C13H17FN2O3. The third kappa shape index (κ3) is 4.10. The van der Waals surface area contributed by atoms with Gasteiger partial charge in [0.15, 0.2) is 0 Å². The molecule has 6 heteroatoms. The van der Waals surface area contributed by atoms with Crippen LogP contribution in [0.3, 0.4) is 0 Å². The zero-order valence-corrected chi connectivity index (χ0v) is 11.0. The normalized spacial score (nSPS) is 11.9. The van der Waals surface area contributed by atoms with Crippen LogP contribution in [0.25, 0.3) is 0 Å². The molecule has 0 aliphatic rings. The van der Waals surface area contributed by atoms with E-state index in [2.05, 4.69) is 10.5 Å². The molecular weight excluding hydrogens is 251 g/mol. The molecule has 1 rings (SSSR count). The van der Waals surface area contributed by atoms with Crippen LogP contribution >= 0.6 is 0 Å². The summed E-state index contributed by atoms with van der Waals surface area (Å²) in [6, 6.07) is 2.68. The molecule has 0 fully saturated rings. The van der Waals surface area contributed by atoms with Crippen LogP contribution in [0.1, 0.15) is 24.1 Å². The molecule has 1 aromatic rings. The second-order valence-electron chi connectivity index (χ2n) is 3.96. The Hall–Kier alpha value is -1.82. The van der Waals surface area contributed by atoms with Crippen molar-refractivity contribution in [3.05, 3.63) is 40.1 Å². The summed E-state index contributed by atoms with van der Waals surface area (Å²) in [7, 11) is 1.76. The van der Waals surface area contributed by atoms with Crippen molar-refractivity contribution < 1.29 is 13.9 Å². The van der Waals surface area contributed by atoms with Gasteiger partial charge in [-0.1, -0.05) is 6.07 Å². The molecule has 0 saturated heterocycles. The first kappa shape index (κ1) is 15.2. The van der Waals surface area contributed by atoms with Gasteiger partial charge in [-0.25, -0.2) is 9.18 Å². The van der Waals surface area contributed by atoms with Crippen LogP contribution in [-0.4, -0.2) is 26.2 Å². The summed E-state index contributed by atoms with van der Waals surface area (Å²) in [6.07, 6.45) is 0.495. The molecule has 19 heavy (non-hydrogen) atoms. The van der Waals surface area contributed by atoms with Crippen molar-refractivity contribution >= 4 is 5.97 Å². The number of nitrogens with one attached hydrogen (secondary N) is 1. The number of likely N-dealkylation sites (N-methyl/N-ethyl adjacent to an activating group) is 1. The molecule has 104 valence electrons. The average molecular weight is 268 g/mol. The summed E-state index contributed by atoms with van der Waals surface area (Å²) in [5.41, 5.74) is 0.970. The van der Waals surface area contributed by atoms with Gasteiger partial charge in [-0.05, 0) is 55.4 Å². The largest absolute Gasteiger partial charge is 0.464 e. The van der Waals surface area contributed by atoms with E-state index in [0.717, 1.165) is 0 Å². The van der Waals surface area contributed by atoms with Crippen LogP contribution in [0.4, 0.5) is 4.39 Å². The zero-order valence-electron chi connectivity index (χ0n) is 11.0. The average Bonchev–Trinajstić information content (AvgIpc) is 2.39. The Bertz CT molecular complexity index is 452. The minimum Gasteiger partial charge on any atom is -0.464 e. The van der Waals surface area contributed by atoms with E-state index in [4.69, 9.17) is 4.74 Å². The fourth-order valence-corrected chi connectivity index (χ4v) is 1.77. The van der Waals surface area contributed by atoms with Gasteiger partial charge in [0.05, 0.1) is 6.61 Å². The molecule has 1 aromatic carbocycles. The first-order chi connectivity index (χ1) is 9.13. The lowest BCUT2D eigenvalue weighted by Gasteiger charge is -2.13. The van der Waals surface area contributed by atoms with E-state index in [1.807, 2.05) is 0 Å². The van der Waals surface area contributed by atoms with Crippen molar-refractivity contribution in [1.82, 2.24) is 5.32 Å². The van der Waals surface area contributed by atoms with Gasteiger partial charge in [0.25, 0.3) is 0 Å². The predicted octanol–water partition coefficient (Wildman–Crippen LogP) is 1.96. The maximum atomic E-state index is 13.2. The van der Waals surface area contributed by atoms with Crippen molar-refractivity contribution in [2.24, 2.45) is 5.18 Å². The van der Waals surface area contributed by atoms with E-state index in [1.54, 1.807) is 14.0 Å². The van der Waals surface area contributed by atoms with Gasteiger partial charge in [0.2, 0.25) is 6.04 Å². The number of rotatable bonds is 7. The molecule has 0 heterocycles. The summed E-state index contributed by atoms with van der Waals surface area (Å²) in [5.74, 6) is -1.13. The van der Waals surface area contributed by atoms with Crippen LogP contribution in [0.15, 0.2) is 23.4 Å². The third-order valence-corrected chi connectivity index (χ3v) is 2.66. The molecule has 0 bridgehead atoms. The standard InChI is InChI=1S/C13H17FN2O3/c1-3-19-13(17)12(16-18)11-5-4-10(14)8-9(11)6-7-15-2/h4-5,8,12,15H,3,6-7H2,1-2H3. The molecule has 1 atom stereocenters. The maximum absolute atomic E-state index is 13.2. The number of carbonyl (C=O) groups is 1. The molecule has 0 amide bonds. The van der Waals surface area contributed by atoms with Gasteiger partial charge >= 0.3 is 5.97 Å². The highest BCUT2D eigenvalue weighted by atomic mass is 19.1. The quantitative estimate of drug-likeness (QED) is 0.606. The summed E-state index contributed by atoms with van der Waals surface area (Å²) in [4.78, 5) is 22.5. The molecule has 0 spiro atoms. The Morgan fingerprint density at radius 1 is 1.53 bits per heavy atom. The first-order valence-corrected chi connectivity index (χ1v) is 6.06. The SMILES string of the molecule is CCOC(=O)C(N=O)c1ccc(F)cc1CCNC. The highest BCUT2D eigenvalue weighted by molar-refractivity contribution is 5.78. The third-order valence-electron chi connectivity index (χ3n) is 2.66. The molecule has 0 aliphatic carbocycles. The fraction of sp³-hybridized carbons (Fsp3) is 0.462. The predicted molar refractivity (Wildman–Crippen MR) is 69.2 cm³/mol. The number of esters is 1. The van der Waals surface area contributed by atoms with Gasteiger partial charge in [-0.3, -0.25) is 0 Å². The molecule has 1 unspecified atom stereocenters. The molecule has 1 N–H and O–H groups in total. The summed E-state index contributed by atoms with van der Waals surface area (Å²) >= 11 is 0. The van der Waals surface area contributed by atoms with Crippen molar-refractivity contribution in [2.45, 2.75) is 19.4 Å². The second-order valence-corrected chi connectivity index (χ2v) is 3.96. The van der Waals surface area contributed by atoms with E-state index < -0.39 is 17.8 Å². The number of carbonyl (C=O) groups excluding carboxylic acids is 1. The number of hydrogen-bond donors (Lipinski definition) is 1. The van der Waals surface area contributed by atoms with Crippen LogP contribution in [0.2, 0.25) is 0 Å². The van der Waals surface area contributed by atoms with Crippen LogP contribution in [0, 0.1) is 10.7 Å². The van der Waals surface area contributed by atoms with Crippen molar-refractivity contribution in [2.75, 3.05) is 20.2 Å². The Kier molecular flexibility index (Phi) is 6.08. The highest BCUT2D eigenvalue weighted by Crippen LogP contribution is 2.24. The summed E-state index contributed by atoms with van der Waals surface area (Å²) < 4.78 is 18.0. The lowest BCUT2D eigenvalue weighted by molar-refractivity contribution is -0.144. The second kappa shape index (κ2) is 7.58. The number of nitroso groups, excluding NO2 is 1. The van der Waals surface area contributed by atoms with E-state index in [-0.39, 0.29) is 6.61 Å². The van der Waals surface area contributed by atoms with Crippen LogP contribution < -0.4 is 5.32 Å². The summed E-state index contributed by atoms with van der Waals surface area (Å²) in [6.45, 7) is 2.41. The first-order valence-electron chi connectivity index (χ1n) is 6.06. The molecule has 0 radical (unpaired) electrons. The van der Waals surface area contributed by atoms with E-state index in [0.29, 0.717) is 24.1 Å². The van der Waals surface area contributed by atoms with Crippen LogP contribution in [-0.2, 0) is 16.0 Å². The molecule has 0 aromatic heterocycles. The monoisotopic (exact) mass is 268 g/mol. The Balaban J connectivity index is 3.07. The lowest BCUT2D eigenvalue weighted by Crippen LogP contribution is -2.17. The smallest absolute Gasteiger partial charge is 0.339 e. The fourth-order valence-electron chi connectivity index (χ4n) is 1.77. The number of halogens is 1. The Morgan fingerprint density at radius 2 is 2.26 bits per heavy atom. The zero-order chi connectivity index (χ0) is 14.3.